The Morgan fingerprint density at radius 3 is 2.90 bits per heavy atom. The van der Waals surface area contributed by atoms with Crippen molar-refractivity contribution in [3.8, 4) is 5.69 Å². The zero-order valence-corrected chi connectivity index (χ0v) is 12.9. The van der Waals surface area contributed by atoms with Crippen molar-refractivity contribution in [2.75, 3.05) is 11.9 Å². The lowest BCUT2D eigenvalue weighted by atomic mass is 10.2. The minimum Gasteiger partial charge on any atom is -0.324 e. The smallest absolute Gasteiger partial charge is 0.225 e. The van der Waals surface area contributed by atoms with Crippen LogP contribution in [0.2, 0.25) is 5.02 Å². The standard InChI is InChI=1S/C15H19ClN4O/c1-3-17-11(2)10-14(21)19-13-7-4-6-12(16)15(13)20-9-5-8-18-20/h4-9,11,17H,3,10H2,1-2H3,(H,19,21). The summed E-state index contributed by atoms with van der Waals surface area (Å²) in [5.41, 5.74) is 1.33. The highest BCUT2D eigenvalue weighted by molar-refractivity contribution is 6.33. The second-order valence-electron chi connectivity index (χ2n) is 4.80. The first kappa shape index (κ1) is 15.5. The van der Waals surface area contributed by atoms with Crippen LogP contribution in [0.1, 0.15) is 20.3 Å². The Hall–Kier alpha value is -1.85. The van der Waals surface area contributed by atoms with Gasteiger partial charge in [-0.25, -0.2) is 4.68 Å². The van der Waals surface area contributed by atoms with Crippen LogP contribution in [-0.4, -0.2) is 28.3 Å². The Balaban J connectivity index is 2.17. The van der Waals surface area contributed by atoms with E-state index in [2.05, 4.69) is 15.7 Å². The summed E-state index contributed by atoms with van der Waals surface area (Å²) in [6, 6.07) is 7.33. The predicted molar refractivity (Wildman–Crippen MR) is 85.0 cm³/mol. The normalized spacial score (nSPS) is 12.1. The largest absolute Gasteiger partial charge is 0.324 e. The van der Waals surface area contributed by atoms with Crippen molar-refractivity contribution in [1.29, 1.82) is 0 Å². The van der Waals surface area contributed by atoms with Crippen LogP contribution in [0.3, 0.4) is 0 Å². The molecule has 0 aliphatic rings. The highest BCUT2D eigenvalue weighted by Crippen LogP contribution is 2.28. The van der Waals surface area contributed by atoms with E-state index in [-0.39, 0.29) is 11.9 Å². The predicted octanol–water partition coefficient (Wildman–Crippen LogP) is 2.85. The molecule has 2 aromatic rings. The van der Waals surface area contributed by atoms with E-state index in [9.17, 15) is 4.79 Å². The average Bonchev–Trinajstić information content (AvgIpc) is 2.92. The number of carbonyl (C=O) groups is 1. The van der Waals surface area contributed by atoms with Gasteiger partial charge in [-0.15, -0.1) is 0 Å². The van der Waals surface area contributed by atoms with Crippen molar-refractivity contribution in [3.05, 3.63) is 41.7 Å². The number of anilines is 1. The van der Waals surface area contributed by atoms with E-state index < -0.39 is 0 Å². The van der Waals surface area contributed by atoms with Gasteiger partial charge in [0.2, 0.25) is 5.91 Å². The molecule has 5 nitrogen and oxygen atoms in total. The van der Waals surface area contributed by atoms with E-state index in [4.69, 9.17) is 11.6 Å². The highest BCUT2D eigenvalue weighted by Gasteiger charge is 2.13. The molecule has 1 aromatic carbocycles. The van der Waals surface area contributed by atoms with Crippen LogP contribution in [0.4, 0.5) is 5.69 Å². The monoisotopic (exact) mass is 306 g/mol. The molecule has 0 aliphatic carbocycles. The lowest BCUT2D eigenvalue weighted by Gasteiger charge is -2.15. The maximum atomic E-state index is 12.1. The van der Waals surface area contributed by atoms with E-state index in [1.165, 1.54) is 0 Å². The number of hydrogen-bond donors (Lipinski definition) is 2. The third-order valence-electron chi connectivity index (χ3n) is 3.04. The summed E-state index contributed by atoms with van der Waals surface area (Å²) in [5.74, 6) is -0.0564. The fraction of sp³-hybridized carbons (Fsp3) is 0.333. The van der Waals surface area contributed by atoms with Gasteiger partial charge in [0.15, 0.2) is 0 Å². The van der Waals surface area contributed by atoms with Crippen molar-refractivity contribution < 1.29 is 4.79 Å². The molecule has 1 aromatic heterocycles. The molecule has 1 unspecified atom stereocenters. The van der Waals surface area contributed by atoms with Crippen molar-refractivity contribution in [1.82, 2.24) is 15.1 Å². The molecule has 1 amide bonds. The van der Waals surface area contributed by atoms with Crippen molar-refractivity contribution in [2.24, 2.45) is 0 Å². The fourth-order valence-corrected chi connectivity index (χ4v) is 2.41. The van der Waals surface area contributed by atoms with Crippen LogP contribution in [0.5, 0.6) is 0 Å². The number of benzene rings is 1. The van der Waals surface area contributed by atoms with Crippen LogP contribution in [0, 0.1) is 0 Å². The van der Waals surface area contributed by atoms with Gasteiger partial charge in [-0.2, -0.15) is 5.10 Å². The molecule has 0 saturated heterocycles. The van der Waals surface area contributed by atoms with Gasteiger partial charge >= 0.3 is 0 Å². The molecule has 0 spiro atoms. The minimum atomic E-state index is -0.0564. The third-order valence-corrected chi connectivity index (χ3v) is 3.34. The molecule has 0 fully saturated rings. The first-order valence-corrected chi connectivity index (χ1v) is 7.31. The molecule has 1 atom stereocenters. The SMILES string of the molecule is CCNC(C)CC(=O)Nc1cccc(Cl)c1-n1cccn1. The van der Waals surface area contributed by atoms with E-state index in [0.29, 0.717) is 22.8 Å². The van der Waals surface area contributed by atoms with Crippen molar-refractivity contribution in [2.45, 2.75) is 26.3 Å². The highest BCUT2D eigenvalue weighted by atomic mass is 35.5. The summed E-state index contributed by atoms with van der Waals surface area (Å²) in [6.45, 7) is 4.83. The molecule has 21 heavy (non-hydrogen) atoms. The van der Waals surface area contributed by atoms with Gasteiger partial charge in [-0.1, -0.05) is 24.6 Å². The molecular formula is C15H19ClN4O. The maximum absolute atomic E-state index is 12.1. The van der Waals surface area contributed by atoms with E-state index in [1.807, 2.05) is 26.0 Å². The zero-order chi connectivity index (χ0) is 15.2. The van der Waals surface area contributed by atoms with Gasteiger partial charge in [0, 0.05) is 24.9 Å². The summed E-state index contributed by atoms with van der Waals surface area (Å²) in [6.07, 6.45) is 3.86. The lowest BCUT2D eigenvalue weighted by Crippen LogP contribution is -2.30. The first-order valence-electron chi connectivity index (χ1n) is 6.93. The summed E-state index contributed by atoms with van der Waals surface area (Å²) < 4.78 is 1.64. The topological polar surface area (TPSA) is 59.0 Å². The van der Waals surface area contributed by atoms with Gasteiger partial charge in [0.1, 0.15) is 5.69 Å². The van der Waals surface area contributed by atoms with Crippen LogP contribution in [0.25, 0.3) is 5.69 Å². The molecule has 2 rings (SSSR count). The number of amides is 1. The van der Waals surface area contributed by atoms with E-state index in [0.717, 1.165) is 6.54 Å². The second kappa shape index (κ2) is 7.24. The van der Waals surface area contributed by atoms with Gasteiger partial charge < -0.3 is 10.6 Å². The Bertz CT molecular complexity index is 598. The third kappa shape index (κ3) is 4.06. The van der Waals surface area contributed by atoms with E-state index >= 15 is 0 Å². The van der Waals surface area contributed by atoms with Crippen LogP contribution in [-0.2, 0) is 4.79 Å². The van der Waals surface area contributed by atoms with Crippen LogP contribution >= 0.6 is 11.6 Å². The summed E-state index contributed by atoms with van der Waals surface area (Å²) in [4.78, 5) is 12.1. The summed E-state index contributed by atoms with van der Waals surface area (Å²) in [5, 5.41) is 10.8. The quantitative estimate of drug-likeness (QED) is 0.863. The molecule has 0 saturated carbocycles. The van der Waals surface area contributed by atoms with Crippen LogP contribution < -0.4 is 10.6 Å². The summed E-state index contributed by atoms with van der Waals surface area (Å²) >= 11 is 6.24. The number of halogens is 1. The summed E-state index contributed by atoms with van der Waals surface area (Å²) in [7, 11) is 0. The molecule has 1 heterocycles. The fourth-order valence-electron chi connectivity index (χ4n) is 2.15. The molecular weight excluding hydrogens is 288 g/mol. The van der Waals surface area contributed by atoms with Gasteiger partial charge in [0.05, 0.1) is 10.7 Å². The molecule has 2 N–H and O–H groups in total. The Morgan fingerprint density at radius 1 is 1.43 bits per heavy atom. The lowest BCUT2D eigenvalue weighted by molar-refractivity contribution is -0.116. The van der Waals surface area contributed by atoms with Crippen molar-refractivity contribution in [3.63, 3.8) is 0 Å². The number of para-hydroxylation sites is 1. The van der Waals surface area contributed by atoms with Gasteiger partial charge in [-0.3, -0.25) is 4.79 Å². The zero-order valence-electron chi connectivity index (χ0n) is 12.1. The number of hydrogen-bond acceptors (Lipinski definition) is 3. The number of nitrogens with zero attached hydrogens (tertiary/aromatic N) is 2. The average molecular weight is 307 g/mol. The maximum Gasteiger partial charge on any atom is 0.225 e. The molecule has 0 bridgehead atoms. The molecule has 112 valence electrons. The Labute approximate surface area is 129 Å². The Morgan fingerprint density at radius 2 is 2.24 bits per heavy atom. The number of rotatable bonds is 6. The molecule has 0 radical (unpaired) electrons. The van der Waals surface area contributed by atoms with Crippen LogP contribution in [0.15, 0.2) is 36.7 Å². The molecule has 6 heteroatoms. The number of aromatic nitrogens is 2. The Kier molecular flexibility index (Phi) is 5.36. The number of carbonyl (C=O) groups excluding carboxylic acids is 1. The van der Waals surface area contributed by atoms with Gasteiger partial charge in [0.25, 0.3) is 0 Å². The van der Waals surface area contributed by atoms with Gasteiger partial charge in [-0.05, 0) is 31.7 Å². The first-order chi connectivity index (χ1) is 10.1. The number of nitrogens with one attached hydrogen (secondary N) is 2. The van der Waals surface area contributed by atoms with E-state index in [1.54, 1.807) is 29.2 Å². The van der Waals surface area contributed by atoms with Crippen molar-refractivity contribution >= 4 is 23.2 Å². The minimum absolute atomic E-state index is 0.0564. The second-order valence-corrected chi connectivity index (χ2v) is 5.20. The molecule has 0 aliphatic heterocycles.